The molecule has 4 rings (SSSR count). The van der Waals surface area contributed by atoms with Crippen molar-refractivity contribution < 1.29 is 14.6 Å². The van der Waals surface area contributed by atoms with Crippen LogP contribution in [-0.4, -0.2) is 27.9 Å². The van der Waals surface area contributed by atoms with Crippen molar-refractivity contribution in [2.45, 2.75) is 66.5 Å². The molecule has 1 heterocycles. The maximum Gasteiger partial charge on any atom is 0.335 e. The number of para-hydroxylation sites is 2. The zero-order chi connectivity index (χ0) is 25.1. The van der Waals surface area contributed by atoms with Crippen molar-refractivity contribution in [2.75, 3.05) is 6.61 Å². The first kappa shape index (κ1) is 27.1. The Labute approximate surface area is 204 Å². The summed E-state index contributed by atoms with van der Waals surface area (Å²) < 4.78 is 7.75. The zero-order valence-electron chi connectivity index (χ0n) is 21.5. The van der Waals surface area contributed by atoms with E-state index < -0.39 is 5.97 Å². The number of hydrogen-bond donors (Lipinski definition) is 1. The largest absolute Gasteiger partial charge is 0.478 e. The van der Waals surface area contributed by atoms with E-state index >= 15 is 0 Å². The standard InChI is InChI=1S/C20H15NO2.C8H18O.C2H6/c22-20(23)15-11-9-14(10-12-15)13-21-18-7-3-1-5-16(18)17-6-2-4-8-19(17)21;1-5-6-7-9-8(2,3)4;1-2/h1-12H,13H2,(H,22,23);5-7H2,1-4H3;1-2H3. The summed E-state index contributed by atoms with van der Waals surface area (Å²) in [6.07, 6.45) is 2.40. The number of fused-ring (bicyclic) bond motifs is 3. The molecule has 0 atom stereocenters. The lowest BCUT2D eigenvalue weighted by molar-refractivity contribution is -0.00416. The van der Waals surface area contributed by atoms with Gasteiger partial charge in [0.05, 0.1) is 11.2 Å². The van der Waals surface area contributed by atoms with Gasteiger partial charge in [-0.1, -0.05) is 75.7 Å². The highest BCUT2D eigenvalue weighted by Crippen LogP contribution is 2.29. The molecule has 0 unspecified atom stereocenters. The van der Waals surface area contributed by atoms with E-state index in [9.17, 15) is 4.79 Å². The van der Waals surface area contributed by atoms with Crippen molar-refractivity contribution in [1.82, 2.24) is 4.57 Å². The Kier molecular flexibility index (Phi) is 10.3. The van der Waals surface area contributed by atoms with E-state index in [0.29, 0.717) is 12.1 Å². The fourth-order valence-corrected chi connectivity index (χ4v) is 3.63. The van der Waals surface area contributed by atoms with Gasteiger partial charge < -0.3 is 14.4 Å². The summed E-state index contributed by atoms with van der Waals surface area (Å²) in [4.78, 5) is 11.0. The smallest absolute Gasteiger partial charge is 0.335 e. The van der Waals surface area contributed by atoms with Gasteiger partial charge in [0.15, 0.2) is 0 Å². The van der Waals surface area contributed by atoms with Gasteiger partial charge in [0.2, 0.25) is 0 Å². The Balaban J connectivity index is 0.000000317. The molecular weight excluding hydrogens is 422 g/mol. The van der Waals surface area contributed by atoms with Gasteiger partial charge in [0, 0.05) is 35.0 Å². The molecule has 0 fully saturated rings. The molecule has 0 aliphatic carbocycles. The van der Waals surface area contributed by atoms with Crippen molar-refractivity contribution in [3.8, 4) is 0 Å². The zero-order valence-corrected chi connectivity index (χ0v) is 21.5. The van der Waals surface area contributed by atoms with Crippen molar-refractivity contribution in [3.05, 3.63) is 83.9 Å². The number of nitrogens with zero attached hydrogens (tertiary/aromatic N) is 1. The molecule has 0 saturated carbocycles. The van der Waals surface area contributed by atoms with Gasteiger partial charge in [-0.3, -0.25) is 0 Å². The molecule has 0 saturated heterocycles. The minimum Gasteiger partial charge on any atom is -0.478 e. The van der Waals surface area contributed by atoms with E-state index in [-0.39, 0.29) is 5.60 Å². The lowest BCUT2D eigenvalue weighted by Crippen LogP contribution is -2.19. The molecule has 0 aliphatic rings. The first-order valence-electron chi connectivity index (χ1n) is 12.2. The van der Waals surface area contributed by atoms with Crippen LogP contribution < -0.4 is 0 Å². The molecule has 0 radical (unpaired) electrons. The van der Waals surface area contributed by atoms with Gasteiger partial charge in [-0.15, -0.1) is 0 Å². The van der Waals surface area contributed by atoms with Gasteiger partial charge in [0.1, 0.15) is 0 Å². The van der Waals surface area contributed by atoms with E-state index in [0.717, 1.165) is 12.2 Å². The number of carbonyl (C=O) groups is 1. The number of carboxylic acid groups (broad SMARTS) is 1. The van der Waals surface area contributed by atoms with Crippen LogP contribution in [0.4, 0.5) is 0 Å². The monoisotopic (exact) mass is 461 g/mol. The van der Waals surface area contributed by atoms with Gasteiger partial charge in [-0.05, 0) is 57.0 Å². The van der Waals surface area contributed by atoms with E-state index in [1.165, 1.54) is 34.6 Å². The maximum absolute atomic E-state index is 11.0. The molecule has 182 valence electrons. The van der Waals surface area contributed by atoms with E-state index in [1.807, 2.05) is 38.1 Å². The summed E-state index contributed by atoms with van der Waals surface area (Å²) in [6, 6.07) is 23.8. The highest BCUT2D eigenvalue weighted by Gasteiger charge is 2.10. The van der Waals surface area contributed by atoms with Gasteiger partial charge in [-0.25, -0.2) is 4.79 Å². The van der Waals surface area contributed by atoms with Crippen LogP contribution in [0, 0.1) is 0 Å². The normalized spacial score (nSPS) is 10.9. The molecule has 4 nitrogen and oxygen atoms in total. The molecule has 1 aromatic heterocycles. The Morgan fingerprint density at radius 3 is 1.79 bits per heavy atom. The molecule has 4 heteroatoms. The second-order valence-electron chi connectivity index (χ2n) is 8.94. The van der Waals surface area contributed by atoms with E-state index in [2.05, 4.69) is 68.7 Å². The number of carboxylic acids is 1. The van der Waals surface area contributed by atoms with Crippen LogP contribution in [0.15, 0.2) is 72.8 Å². The number of ether oxygens (including phenoxy) is 1. The van der Waals surface area contributed by atoms with Crippen LogP contribution >= 0.6 is 0 Å². The molecule has 34 heavy (non-hydrogen) atoms. The Bertz CT molecular complexity index is 1110. The lowest BCUT2D eigenvalue weighted by atomic mass is 10.1. The molecule has 0 aliphatic heterocycles. The van der Waals surface area contributed by atoms with Crippen LogP contribution in [0.1, 0.15) is 70.3 Å². The minimum absolute atomic E-state index is 0.0508. The highest BCUT2D eigenvalue weighted by atomic mass is 16.5. The minimum atomic E-state index is -0.895. The first-order chi connectivity index (χ1) is 16.3. The third-order valence-electron chi connectivity index (χ3n) is 5.25. The number of unbranched alkanes of at least 4 members (excludes halogenated alkanes) is 1. The summed E-state index contributed by atoms with van der Waals surface area (Å²) in [5.74, 6) is -0.895. The van der Waals surface area contributed by atoms with Gasteiger partial charge in [0.25, 0.3) is 0 Å². The average Bonchev–Trinajstić information content (AvgIpc) is 3.14. The SMILES string of the molecule is CC.CCCCOC(C)(C)C.O=C(O)c1ccc(Cn2c3ccccc3c3ccccc32)cc1. The fourth-order valence-electron chi connectivity index (χ4n) is 3.63. The maximum atomic E-state index is 11.0. The molecule has 0 amide bonds. The number of aromatic carboxylic acids is 1. The van der Waals surface area contributed by atoms with Crippen LogP contribution in [0.25, 0.3) is 21.8 Å². The Morgan fingerprint density at radius 1 is 0.853 bits per heavy atom. The summed E-state index contributed by atoms with van der Waals surface area (Å²) in [5.41, 5.74) is 3.83. The molecule has 0 spiro atoms. The summed E-state index contributed by atoms with van der Waals surface area (Å²) in [5, 5.41) is 11.5. The number of hydrogen-bond acceptors (Lipinski definition) is 2. The predicted molar refractivity (Wildman–Crippen MR) is 144 cm³/mol. The summed E-state index contributed by atoms with van der Waals surface area (Å²) in [6.45, 7) is 14.0. The Hall–Kier alpha value is -3.11. The second-order valence-corrected chi connectivity index (χ2v) is 8.94. The second kappa shape index (κ2) is 13.0. The molecule has 3 aromatic carbocycles. The quantitative estimate of drug-likeness (QED) is 0.295. The number of benzene rings is 3. The van der Waals surface area contributed by atoms with Crippen LogP contribution in [0.5, 0.6) is 0 Å². The van der Waals surface area contributed by atoms with E-state index in [4.69, 9.17) is 9.84 Å². The fraction of sp³-hybridized carbons (Fsp3) is 0.367. The van der Waals surface area contributed by atoms with Crippen LogP contribution in [0.3, 0.4) is 0 Å². The third kappa shape index (κ3) is 7.46. The molecule has 4 aromatic rings. The Morgan fingerprint density at radius 2 is 1.35 bits per heavy atom. The van der Waals surface area contributed by atoms with Gasteiger partial charge >= 0.3 is 5.97 Å². The lowest BCUT2D eigenvalue weighted by Gasteiger charge is -2.18. The number of aromatic nitrogens is 1. The number of rotatable bonds is 6. The van der Waals surface area contributed by atoms with E-state index in [1.54, 1.807) is 12.1 Å². The van der Waals surface area contributed by atoms with Crippen molar-refractivity contribution in [2.24, 2.45) is 0 Å². The molecule has 0 bridgehead atoms. The van der Waals surface area contributed by atoms with Crippen molar-refractivity contribution in [3.63, 3.8) is 0 Å². The summed E-state index contributed by atoms with van der Waals surface area (Å²) in [7, 11) is 0. The van der Waals surface area contributed by atoms with Crippen molar-refractivity contribution in [1.29, 1.82) is 0 Å². The average molecular weight is 462 g/mol. The summed E-state index contributed by atoms with van der Waals surface area (Å²) >= 11 is 0. The van der Waals surface area contributed by atoms with Crippen LogP contribution in [0.2, 0.25) is 0 Å². The first-order valence-corrected chi connectivity index (χ1v) is 12.2. The van der Waals surface area contributed by atoms with Crippen LogP contribution in [-0.2, 0) is 11.3 Å². The molecule has 1 N–H and O–H groups in total. The topological polar surface area (TPSA) is 51.5 Å². The predicted octanol–water partition coefficient (Wildman–Crippen LogP) is 8.17. The molecular formula is C30H39NO3. The third-order valence-corrected chi connectivity index (χ3v) is 5.25. The van der Waals surface area contributed by atoms with Crippen molar-refractivity contribution >= 4 is 27.8 Å². The highest BCUT2D eigenvalue weighted by molar-refractivity contribution is 6.08. The van der Waals surface area contributed by atoms with Gasteiger partial charge in [-0.2, -0.15) is 0 Å².